The van der Waals surface area contributed by atoms with Crippen LogP contribution in [0.1, 0.15) is 28.5 Å². The van der Waals surface area contributed by atoms with Crippen LogP contribution in [-0.4, -0.2) is 24.2 Å². The van der Waals surface area contributed by atoms with Gasteiger partial charge in [0.1, 0.15) is 12.4 Å². The van der Waals surface area contributed by atoms with Crippen molar-refractivity contribution in [1.29, 1.82) is 0 Å². The summed E-state index contributed by atoms with van der Waals surface area (Å²) >= 11 is 4.41. The number of hydrogen-bond acceptors (Lipinski definition) is 5. The molecule has 116 valence electrons. The van der Waals surface area contributed by atoms with Gasteiger partial charge in [0.15, 0.2) is 5.67 Å². The Kier molecular flexibility index (Phi) is 3.94. The van der Waals surface area contributed by atoms with E-state index in [1.165, 1.54) is 6.92 Å². The van der Waals surface area contributed by atoms with Gasteiger partial charge in [0, 0.05) is 10.0 Å². The first kappa shape index (κ1) is 15.4. The quantitative estimate of drug-likeness (QED) is 0.721. The lowest BCUT2D eigenvalue weighted by molar-refractivity contribution is 0.0526. The van der Waals surface area contributed by atoms with Crippen LogP contribution in [0.15, 0.2) is 22.7 Å². The molecule has 7 heteroatoms. The second-order valence-corrected chi connectivity index (χ2v) is 6.96. The van der Waals surface area contributed by atoms with Gasteiger partial charge in [0.25, 0.3) is 0 Å². The molecule has 0 aliphatic carbocycles. The lowest BCUT2D eigenvalue weighted by Crippen LogP contribution is -2.22. The van der Waals surface area contributed by atoms with E-state index in [0.29, 0.717) is 21.9 Å². The van der Waals surface area contributed by atoms with E-state index in [4.69, 9.17) is 9.47 Å². The zero-order valence-electron chi connectivity index (χ0n) is 12.0. The fraction of sp³-hybridized carbons (Fsp3) is 0.333. The second-order valence-electron chi connectivity index (χ2n) is 5.04. The number of fused-ring (bicyclic) bond motifs is 3. The van der Waals surface area contributed by atoms with Crippen LogP contribution >= 0.6 is 27.3 Å². The molecule has 0 saturated carbocycles. The third-order valence-corrected chi connectivity index (χ3v) is 5.01. The molecule has 3 rings (SSSR count). The van der Waals surface area contributed by atoms with Crippen LogP contribution in [0.25, 0.3) is 11.3 Å². The standard InChI is InChI=1S/C15H13BrFNO3S/c1-3-20-14(19)13-18-11-9-6-8(16)4-5-10(9)21-7-15(2,17)12(11)22-13/h4-6H,3,7H2,1-2H3. The number of halogens is 2. The molecule has 2 aromatic rings. The van der Waals surface area contributed by atoms with Gasteiger partial charge >= 0.3 is 5.97 Å². The summed E-state index contributed by atoms with van der Waals surface area (Å²) in [6.07, 6.45) is 0. The number of aromatic nitrogens is 1. The predicted octanol–water partition coefficient (Wildman–Crippen LogP) is 4.33. The van der Waals surface area contributed by atoms with Gasteiger partial charge in [0.2, 0.25) is 5.01 Å². The smallest absolute Gasteiger partial charge is 0.367 e. The molecule has 1 aliphatic heterocycles. The Labute approximate surface area is 139 Å². The largest absolute Gasteiger partial charge is 0.489 e. The first-order valence-electron chi connectivity index (χ1n) is 6.72. The average Bonchev–Trinajstić information content (AvgIpc) is 2.88. The maximum atomic E-state index is 14.9. The molecule has 1 aliphatic rings. The zero-order chi connectivity index (χ0) is 15.9. The number of alkyl halides is 1. The lowest BCUT2D eigenvalue weighted by atomic mass is 10.0. The Hall–Kier alpha value is -1.47. The maximum Gasteiger partial charge on any atom is 0.367 e. The highest BCUT2D eigenvalue weighted by molar-refractivity contribution is 9.10. The average molecular weight is 386 g/mol. The van der Waals surface area contributed by atoms with Gasteiger partial charge in [-0.25, -0.2) is 14.2 Å². The van der Waals surface area contributed by atoms with Crippen LogP contribution in [0, 0.1) is 0 Å². The second kappa shape index (κ2) is 5.62. The molecule has 1 atom stereocenters. The van der Waals surface area contributed by atoms with E-state index < -0.39 is 11.6 Å². The Morgan fingerprint density at radius 1 is 1.59 bits per heavy atom. The summed E-state index contributed by atoms with van der Waals surface area (Å²) < 4.78 is 26.3. The third kappa shape index (κ3) is 2.63. The topological polar surface area (TPSA) is 48.4 Å². The Balaban J connectivity index is 2.19. The number of hydrogen-bond donors (Lipinski definition) is 0. The summed E-state index contributed by atoms with van der Waals surface area (Å²) in [5.41, 5.74) is -0.618. The van der Waals surface area contributed by atoms with E-state index in [0.717, 1.165) is 15.8 Å². The van der Waals surface area contributed by atoms with Crippen molar-refractivity contribution in [1.82, 2.24) is 4.98 Å². The van der Waals surface area contributed by atoms with E-state index in [1.807, 2.05) is 12.1 Å². The molecule has 2 heterocycles. The maximum absolute atomic E-state index is 14.9. The Morgan fingerprint density at radius 3 is 3.09 bits per heavy atom. The first-order valence-corrected chi connectivity index (χ1v) is 8.33. The molecule has 0 bridgehead atoms. The molecule has 0 fully saturated rings. The highest BCUT2D eigenvalue weighted by Gasteiger charge is 2.38. The number of carbonyl (C=O) groups is 1. The highest BCUT2D eigenvalue weighted by Crippen LogP contribution is 2.45. The van der Waals surface area contributed by atoms with Crippen LogP contribution in [-0.2, 0) is 10.4 Å². The van der Waals surface area contributed by atoms with Crippen molar-refractivity contribution in [2.75, 3.05) is 13.2 Å². The van der Waals surface area contributed by atoms with Crippen LogP contribution in [0.3, 0.4) is 0 Å². The van der Waals surface area contributed by atoms with Crippen molar-refractivity contribution in [3.63, 3.8) is 0 Å². The van der Waals surface area contributed by atoms with E-state index in [-0.39, 0.29) is 18.2 Å². The van der Waals surface area contributed by atoms with E-state index in [1.54, 1.807) is 13.0 Å². The molecule has 0 spiro atoms. The summed E-state index contributed by atoms with van der Waals surface area (Å²) in [5, 5.41) is 0.156. The summed E-state index contributed by atoms with van der Waals surface area (Å²) in [7, 11) is 0. The molecule has 0 amide bonds. The van der Waals surface area contributed by atoms with Gasteiger partial charge in [-0.2, -0.15) is 0 Å². The number of thiazole rings is 1. The van der Waals surface area contributed by atoms with E-state index in [2.05, 4.69) is 20.9 Å². The van der Waals surface area contributed by atoms with Crippen LogP contribution in [0.2, 0.25) is 0 Å². The fourth-order valence-corrected chi connectivity index (χ4v) is 3.59. The van der Waals surface area contributed by atoms with Gasteiger partial charge in [-0.15, -0.1) is 11.3 Å². The van der Waals surface area contributed by atoms with Gasteiger partial charge in [-0.1, -0.05) is 15.9 Å². The monoisotopic (exact) mass is 385 g/mol. The summed E-state index contributed by atoms with van der Waals surface area (Å²) in [5.74, 6) is 0.0142. The SMILES string of the molecule is CCOC(=O)c1nc2c(s1)C(C)(F)COc1ccc(Br)cc1-2. The zero-order valence-corrected chi connectivity index (χ0v) is 14.4. The number of rotatable bonds is 2. The highest BCUT2D eigenvalue weighted by atomic mass is 79.9. The molecule has 4 nitrogen and oxygen atoms in total. The van der Waals surface area contributed by atoms with Crippen molar-refractivity contribution in [3.05, 3.63) is 32.6 Å². The minimum absolute atomic E-state index is 0.126. The molecular formula is C15H13BrFNO3S. The number of benzene rings is 1. The molecule has 1 unspecified atom stereocenters. The number of carbonyl (C=O) groups excluding carboxylic acids is 1. The first-order chi connectivity index (χ1) is 10.4. The van der Waals surface area contributed by atoms with Crippen molar-refractivity contribution >= 4 is 33.2 Å². The molecule has 1 aromatic heterocycles. The number of esters is 1. The normalized spacial score (nSPS) is 19.6. The predicted molar refractivity (Wildman–Crippen MR) is 85.2 cm³/mol. The minimum atomic E-state index is -1.72. The molecule has 0 saturated heterocycles. The lowest BCUT2D eigenvalue weighted by Gasteiger charge is -2.16. The van der Waals surface area contributed by atoms with Gasteiger partial charge < -0.3 is 9.47 Å². The van der Waals surface area contributed by atoms with Gasteiger partial charge in [-0.05, 0) is 32.0 Å². The molecular weight excluding hydrogens is 373 g/mol. The fourth-order valence-electron chi connectivity index (χ4n) is 2.23. The number of ether oxygens (including phenoxy) is 2. The van der Waals surface area contributed by atoms with Crippen LogP contribution < -0.4 is 4.74 Å². The molecule has 1 aromatic carbocycles. The molecule has 22 heavy (non-hydrogen) atoms. The summed E-state index contributed by atoms with van der Waals surface area (Å²) in [6.45, 7) is 3.27. The summed E-state index contributed by atoms with van der Waals surface area (Å²) in [6, 6.07) is 5.39. The van der Waals surface area contributed by atoms with Crippen LogP contribution in [0.5, 0.6) is 5.75 Å². The Bertz CT molecular complexity index is 744. The number of nitrogens with zero attached hydrogens (tertiary/aromatic N) is 1. The Morgan fingerprint density at radius 2 is 2.36 bits per heavy atom. The minimum Gasteiger partial charge on any atom is -0.489 e. The third-order valence-electron chi connectivity index (χ3n) is 3.25. The van der Waals surface area contributed by atoms with Crippen molar-refractivity contribution in [2.45, 2.75) is 19.5 Å². The van der Waals surface area contributed by atoms with Crippen molar-refractivity contribution < 1.29 is 18.7 Å². The van der Waals surface area contributed by atoms with E-state index in [9.17, 15) is 9.18 Å². The van der Waals surface area contributed by atoms with Gasteiger partial charge in [-0.3, -0.25) is 0 Å². The van der Waals surface area contributed by atoms with Crippen LogP contribution in [0.4, 0.5) is 4.39 Å². The van der Waals surface area contributed by atoms with Crippen molar-refractivity contribution in [2.24, 2.45) is 0 Å². The van der Waals surface area contributed by atoms with Crippen molar-refractivity contribution in [3.8, 4) is 17.0 Å². The van der Waals surface area contributed by atoms with Gasteiger partial charge in [0.05, 0.1) is 17.2 Å². The molecule has 0 N–H and O–H groups in total. The van der Waals surface area contributed by atoms with E-state index >= 15 is 0 Å². The molecule has 0 radical (unpaired) electrons. The summed E-state index contributed by atoms with van der Waals surface area (Å²) in [4.78, 5) is 16.6.